The molecule has 0 aliphatic rings. The Balaban J connectivity index is 2.04. The minimum absolute atomic E-state index is 0.0819. The molecule has 1 aromatic heterocycles. The Labute approximate surface area is 92.7 Å². The van der Waals surface area contributed by atoms with E-state index >= 15 is 0 Å². The first kappa shape index (κ1) is 10.4. The molecule has 1 amide bonds. The molecule has 5 heteroatoms. The van der Waals surface area contributed by atoms with Crippen LogP contribution in [-0.4, -0.2) is 28.0 Å². The summed E-state index contributed by atoms with van der Waals surface area (Å²) in [5.74, 6) is -0.170. The summed E-state index contributed by atoms with van der Waals surface area (Å²) >= 11 is 0. The van der Waals surface area contributed by atoms with Crippen molar-refractivity contribution in [2.75, 3.05) is 7.05 Å². The van der Waals surface area contributed by atoms with E-state index in [2.05, 4.69) is 14.7 Å². The van der Waals surface area contributed by atoms with Crippen LogP contribution in [0.3, 0.4) is 0 Å². The molecular formula is C11H11N3O2. The fourth-order valence-corrected chi connectivity index (χ4v) is 1.36. The van der Waals surface area contributed by atoms with Crippen LogP contribution in [0.4, 0.5) is 0 Å². The number of hydrogen-bond acceptors (Lipinski definition) is 4. The molecule has 0 fully saturated rings. The van der Waals surface area contributed by atoms with Gasteiger partial charge in [0.25, 0.3) is 11.7 Å². The molecule has 0 unspecified atom stereocenters. The van der Waals surface area contributed by atoms with Gasteiger partial charge in [-0.15, -0.1) is 0 Å². The average molecular weight is 217 g/mol. The van der Waals surface area contributed by atoms with Crippen molar-refractivity contribution in [2.24, 2.45) is 0 Å². The Morgan fingerprint density at radius 2 is 2.12 bits per heavy atom. The van der Waals surface area contributed by atoms with Crippen molar-refractivity contribution < 1.29 is 9.32 Å². The molecule has 2 aromatic rings. The number of carbonyl (C=O) groups excluding carboxylic acids is 1. The molecule has 0 aliphatic heterocycles. The van der Waals surface area contributed by atoms with Crippen LogP contribution in [0.15, 0.2) is 41.2 Å². The van der Waals surface area contributed by atoms with Gasteiger partial charge in [0.1, 0.15) is 0 Å². The van der Waals surface area contributed by atoms with E-state index in [1.807, 2.05) is 30.3 Å². The number of rotatable bonds is 3. The minimum atomic E-state index is -0.252. The van der Waals surface area contributed by atoms with E-state index in [-0.39, 0.29) is 11.7 Å². The molecule has 0 N–H and O–H groups in total. The average Bonchev–Trinajstić information content (AvgIpc) is 2.83. The van der Waals surface area contributed by atoms with Gasteiger partial charge < -0.3 is 9.42 Å². The van der Waals surface area contributed by atoms with E-state index < -0.39 is 0 Å². The van der Waals surface area contributed by atoms with E-state index in [9.17, 15) is 4.79 Å². The van der Waals surface area contributed by atoms with Crippen LogP contribution < -0.4 is 0 Å². The molecule has 5 nitrogen and oxygen atoms in total. The van der Waals surface area contributed by atoms with Crippen LogP contribution in [0.25, 0.3) is 0 Å². The summed E-state index contributed by atoms with van der Waals surface area (Å²) in [6.45, 7) is 0.522. The molecule has 0 spiro atoms. The van der Waals surface area contributed by atoms with Gasteiger partial charge in [-0.2, -0.15) is 4.98 Å². The van der Waals surface area contributed by atoms with Gasteiger partial charge in [-0.1, -0.05) is 35.5 Å². The van der Waals surface area contributed by atoms with Crippen molar-refractivity contribution in [1.29, 1.82) is 0 Å². The molecule has 0 saturated heterocycles. The summed E-state index contributed by atoms with van der Waals surface area (Å²) in [4.78, 5) is 17.0. The monoisotopic (exact) mass is 217 g/mol. The quantitative estimate of drug-likeness (QED) is 0.778. The molecule has 1 aromatic carbocycles. The van der Waals surface area contributed by atoms with Gasteiger partial charge in [0.05, 0.1) is 0 Å². The van der Waals surface area contributed by atoms with E-state index in [0.29, 0.717) is 6.54 Å². The smallest absolute Gasteiger partial charge is 0.295 e. The third-order valence-corrected chi connectivity index (χ3v) is 2.16. The minimum Gasteiger partial charge on any atom is -0.342 e. The van der Waals surface area contributed by atoms with Gasteiger partial charge in [0.2, 0.25) is 6.39 Å². The molecule has 0 atom stereocenters. The fourth-order valence-electron chi connectivity index (χ4n) is 1.36. The molecule has 16 heavy (non-hydrogen) atoms. The number of aromatic nitrogens is 2. The van der Waals surface area contributed by atoms with Crippen molar-refractivity contribution in [3.05, 3.63) is 48.1 Å². The molecule has 0 aliphatic carbocycles. The largest absolute Gasteiger partial charge is 0.342 e. The predicted molar refractivity (Wildman–Crippen MR) is 56.5 cm³/mol. The third kappa shape index (κ3) is 2.25. The predicted octanol–water partition coefficient (Wildman–Crippen LogP) is 1.34. The summed E-state index contributed by atoms with van der Waals surface area (Å²) < 4.78 is 4.53. The van der Waals surface area contributed by atoms with E-state index in [4.69, 9.17) is 0 Å². The Morgan fingerprint density at radius 3 is 2.75 bits per heavy atom. The van der Waals surface area contributed by atoms with Crippen LogP contribution >= 0.6 is 0 Å². The number of carbonyl (C=O) groups is 1. The third-order valence-electron chi connectivity index (χ3n) is 2.16. The van der Waals surface area contributed by atoms with Crippen molar-refractivity contribution in [2.45, 2.75) is 6.54 Å². The summed E-state index contributed by atoms with van der Waals surface area (Å²) in [5.41, 5.74) is 1.06. The van der Waals surface area contributed by atoms with Crippen molar-refractivity contribution >= 4 is 5.91 Å². The highest BCUT2D eigenvalue weighted by molar-refractivity contribution is 5.89. The lowest BCUT2D eigenvalue weighted by atomic mass is 10.2. The van der Waals surface area contributed by atoms with Crippen LogP contribution in [0.5, 0.6) is 0 Å². The first-order valence-electron chi connectivity index (χ1n) is 4.83. The van der Waals surface area contributed by atoms with Crippen molar-refractivity contribution in [3.63, 3.8) is 0 Å². The maximum absolute atomic E-state index is 11.8. The lowest BCUT2D eigenvalue weighted by Gasteiger charge is -2.14. The van der Waals surface area contributed by atoms with Crippen LogP contribution in [0, 0.1) is 0 Å². The second-order valence-electron chi connectivity index (χ2n) is 3.40. The van der Waals surface area contributed by atoms with Gasteiger partial charge in [-0.05, 0) is 5.56 Å². The normalized spacial score (nSPS) is 10.1. The summed E-state index contributed by atoms with van der Waals surface area (Å²) in [5, 5.41) is 3.50. The SMILES string of the molecule is CN(Cc1ccccc1)C(=O)c1ncon1. The highest BCUT2D eigenvalue weighted by Crippen LogP contribution is 2.05. The van der Waals surface area contributed by atoms with Crippen molar-refractivity contribution in [3.8, 4) is 0 Å². The summed E-state index contributed by atoms with van der Waals surface area (Å²) in [6.07, 6.45) is 1.14. The van der Waals surface area contributed by atoms with Gasteiger partial charge in [-0.25, -0.2) is 0 Å². The lowest BCUT2D eigenvalue weighted by molar-refractivity contribution is 0.0769. The van der Waals surface area contributed by atoms with Gasteiger partial charge in [-0.3, -0.25) is 4.79 Å². The highest BCUT2D eigenvalue weighted by atomic mass is 16.5. The second-order valence-corrected chi connectivity index (χ2v) is 3.40. The maximum atomic E-state index is 11.8. The lowest BCUT2D eigenvalue weighted by Crippen LogP contribution is -2.27. The Morgan fingerprint density at radius 1 is 1.38 bits per heavy atom. The number of amides is 1. The molecule has 82 valence electrons. The zero-order valence-corrected chi connectivity index (χ0v) is 8.83. The van der Waals surface area contributed by atoms with Gasteiger partial charge in [0, 0.05) is 13.6 Å². The van der Waals surface area contributed by atoms with E-state index in [0.717, 1.165) is 12.0 Å². The van der Waals surface area contributed by atoms with Crippen molar-refractivity contribution in [1.82, 2.24) is 15.0 Å². The summed E-state index contributed by atoms with van der Waals surface area (Å²) in [7, 11) is 1.70. The first-order chi connectivity index (χ1) is 7.77. The molecule has 1 heterocycles. The summed E-state index contributed by atoms with van der Waals surface area (Å²) in [6, 6.07) is 9.72. The molecule has 0 saturated carbocycles. The number of nitrogens with zero attached hydrogens (tertiary/aromatic N) is 3. The fraction of sp³-hybridized carbons (Fsp3) is 0.182. The molecule has 0 radical (unpaired) electrons. The Kier molecular flexibility index (Phi) is 2.95. The highest BCUT2D eigenvalue weighted by Gasteiger charge is 2.16. The molecule has 2 rings (SSSR count). The zero-order chi connectivity index (χ0) is 11.4. The van der Waals surface area contributed by atoms with Gasteiger partial charge >= 0.3 is 0 Å². The van der Waals surface area contributed by atoms with Crippen LogP contribution in [0.1, 0.15) is 16.2 Å². The number of benzene rings is 1. The van der Waals surface area contributed by atoms with Crippen LogP contribution in [-0.2, 0) is 6.54 Å². The molecular weight excluding hydrogens is 206 g/mol. The Bertz CT molecular complexity index is 453. The van der Waals surface area contributed by atoms with Gasteiger partial charge in [0.15, 0.2) is 0 Å². The first-order valence-corrected chi connectivity index (χ1v) is 4.83. The maximum Gasteiger partial charge on any atom is 0.295 e. The molecule has 0 bridgehead atoms. The Hall–Kier alpha value is -2.17. The topological polar surface area (TPSA) is 59.2 Å². The second kappa shape index (κ2) is 4.57. The zero-order valence-electron chi connectivity index (χ0n) is 8.83. The van der Waals surface area contributed by atoms with E-state index in [1.54, 1.807) is 11.9 Å². The van der Waals surface area contributed by atoms with Crippen LogP contribution in [0.2, 0.25) is 0 Å². The number of hydrogen-bond donors (Lipinski definition) is 0. The standard InChI is InChI=1S/C11H11N3O2/c1-14(7-9-5-3-2-4-6-9)11(15)10-12-8-16-13-10/h2-6,8H,7H2,1H3. The van der Waals surface area contributed by atoms with E-state index in [1.165, 1.54) is 0 Å².